The molecule has 1 rings (SSSR count). The fourth-order valence-electron chi connectivity index (χ4n) is 0.924. The molecule has 4 nitrogen and oxygen atoms in total. The summed E-state index contributed by atoms with van der Waals surface area (Å²) in [5.74, 6) is 0. The summed E-state index contributed by atoms with van der Waals surface area (Å²) in [5, 5.41) is 9.06. The van der Waals surface area contributed by atoms with Crippen molar-refractivity contribution in [1.82, 2.24) is 4.98 Å². The van der Waals surface area contributed by atoms with Gasteiger partial charge in [0.1, 0.15) is 18.6 Å². The first-order chi connectivity index (χ1) is 5.25. The van der Waals surface area contributed by atoms with Crippen LogP contribution in [0.3, 0.4) is 0 Å². The molecular formula is C7H12ClN3O. The highest BCUT2D eigenvalue weighted by molar-refractivity contribution is 4.78. The minimum Gasteiger partial charge on any atom is -1.00 e. The minimum atomic E-state index is -0.909. The first-order valence-corrected chi connectivity index (χ1v) is 3.35. The smallest absolute Gasteiger partial charge is 0.242 e. The zero-order valence-corrected chi connectivity index (χ0v) is 7.28. The highest BCUT2D eigenvalue weighted by Gasteiger charge is 2.16. The lowest BCUT2D eigenvalue weighted by Crippen LogP contribution is -3.00. The molecule has 0 amide bonds. The molecule has 2 unspecified atom stereocenters. The quantitative estimate of drug-likeness (QED) is 0.261. The van der Waals surface area contributed by atoms with Crippen LogP contribution < -0.4 is 22.7 Å². The van der Waals surface area contributed by atoms with Crippen LogP contribution in [0.2, 0.25) is 0 Å². The number of aliphatic hydroxyl groups is 1. The fraction of sp³-hybridized carbons (Fsp3) is 0.286. The summed E-state index contributed by atoms with van der Waals surface area (Å²) in [5.41, 5.74) is 5.29. The van der Waals surface area contributed by atoms with E-state index in [1.807, 2.05) is 0 Å². The van der Waals surface area contributed by atoms with Crippen molar-refractivity contribution < 1.29 is 22.1 Å². The summed E-state index contributed by atoms with van der Waals surface area (Å²) in [6.07, 6.45) is 5.93. The predicted molar refractivity (Wildman–Crippen MR) is 40.4 cm³/mol. The Morgan fingerprint density at radius 2 is 2.33 bits per heavy atom. The molecule has 0 aliphatic carbocycles. The highest BCUT2D eigenvalue weighted by atomic mass is 35.5. The van der Waals surface area contributed by atoms with Crippen LogP contribution >= 0.6 is 0 Å². The SMILES string of the molecule is C=CC(C(N)O)[n+]1cc[nH]c1.[Cl-]. The summed E-state index contributed by atoms with van der Waals surface area (Å²) >= 11 is 0. The summed E-state index contributed by atoms with van der Waals surface area (Å²) in [7, 11) is 0. The maximum absolute atomic E-state index is 9.06. The molecule has 0 saturated carbocycles. The van der Waals surface area contributed by atoms with Gasteiger partial charge in [-0.2, -0.15) is 0 Å². The molecule has 0 radical (unpaired) electrons. The van der Waals surface area contributed by atoms with Gasteiger partial charge in [-0.15, -0.1) is 0 Å². The molecule has 0 aliphatic heterocycles. The summed E-state index contributed by atoms with van der Waals surface area (Å²) in [6, 6.07) is -0.263. The van der Waals surface area contributed by atoms with Gasteiger partial charge in [0, 0.05) is 0 Å². The second kappa shape index (κ2) is 4.92. The van der Waals surface area contributed by atoms with Crippen molar-refractivity contribution in [3.63, 3.8) is 0 Å². The van der Waals surface area contributed by atoms with Crippen LogP contribution in [0.25, 0.3) is 0 Å². The molecule has 68 valence electrons. The van der Waals surface area contributed by atoms with E-state index < -0.39 is 6.23 Å². The third-order valence-electron chi connectivity index (χ3n) is 1.50. The molecular weight excluding hydrogens is 178 g/mol. The Morgan fingerprint density at radius 3 is 2.67 bits per heavy atom. The van der Waals surface area contributed by atoms with Crippen molar-refractivity contribution in [2.75, 3.05) is 0 Å². The van der Waals surface area contributed by atoms with Gasteiger partial charge >= 0.3 is 0 Å². The fourth-order valence-corrected chi connectivity index (χ4v) is 0.924. The molecule has 0 aromatic carbocycles. The molecule has 4 N–H and O–H groups in total. The Hall–Kier alpha value is -0.840. The zero-order chi connectivity index (χ0) is 8.27. The van der Waals surface area contributed by atoms with Crippen molar-refractivity contribution in [1.29, 1.82) is 0 Å². The van der Waals surface area contributed by atoms with E-state index in [0.29, 0.717) is 0 Å². The Balaban J connectivity index is 0.00000121. The third-order valence-corrected chi connectivity index (χ3v) is 1.50. The van der Waals surface area contributed by atoms with Gasteiger partial charge in [-0.3, -0.25) is 4.98 Å². The monoisotopic (exact) mass is 189 g/mol. The normalized spacial score (nSPS) is 14.5. The van der Waals surface area contributed by atoms with Gasteiger partial charge in [-0.25, -0.2) is 4.57 Å². The zero-order valence-electron chi connectivity index (χ0n) is 6.52. The third kappa shape index (κ3) is 2.34. The second-order valence-corrected chi connectivity index (χ2v) is 2.28. The molecule has 0 saturated heterocycles. The number of nitrogens with zero attached hydrogens (tertiary/aromatic N) is 1. The molecule has 0 aliphatic rings. The Kier molecular flexibility index (Phi) is 4.58. The highest BCUT2D eigenvalue weighted by Crippen LogP contribution is 1.98. The van der Waals surface area contributed by atoms with Crippen LogP contribution in [0.15, 0.2) is 31.4 Å². The number of rotatable bonds is 3. The number of aromatic nitrogens is 2. The van der Waals surface area contributed by atoms with Crippen LogP contribution in [-0.2, 0) is 0 Å². The van der Waals surface area contributed by atoms with Crippen molar-refractivity contribution in [3.8, 4) is 0 Å². The van der Waals surface area contributed by atoms with Gasteiger partial charge in [0.25, 0.3) is 0 Å². The molecule has 1 aromatic rings. The predicted octanol–water partition coefficient (Wildman–Crippen LogP) is -3.69. The number of halogens is 1. The first-order valence-electron chi connectivity index (χ1n) is 3.35. The van der Waals surface area contributed by atoms with E-state index >= 15 is 0 Å². The van der Waals surface area contributed by atoms with Gasteiger partial charge in [-0.05, 0) is 6.08 Å². The van der Waals surface area contributed by atoms with Crippen molar-refractivity contribution in [3.05, 3.63) is 31.4 Å². The lowest BCUT2D eigenvalue weighted by Gasteiger charge is -2.10. The van der Waals surface area contributed by atoms with Crippen LogP contribution in [-0.4, -0.2) is 16.3 Å². The van der Waals surface area contributed by atoms with Gasteiger partial charge in [0.2, 0.25) is 6.33 Å². The standard InChI is InChI=1S/C7H11N3O.ClH/c1-2-6(7(8)11)10-4-3-9-5-10;/h2-7,11H,1,8H2;1H. The molecule has 0 bridgehead atoms. The van der Waals surface area contributed by atoms with E-state index in [9.17, 15) is 0 Å². The van der Waals surface area contributed by atoms with Crippen LogP contribution in [0.5, 0.6) is 0 Å². The summed E-state index contributed by atoms with van der Waals surface area (Å²) in [6.45, 7) is 3.56. The van der Waals surface area contributed by atoms with Crippen molar-refractivity contribution in [2.45, 2.75) is 12.3 Å². The molecule has 1 heterocycles. The van der Waals surface area contributed by atoms with E-state index in [-0.39, 0.29) is 18.4 Å². The van der Waals surface area contributed by atoms with Gasteiger partial charge in [0.15, 0.2) is 6.04 Å². The first kappa shape index (κ1) is 11.2. The van der Waals surface area contributed by atoms with Gasteiger partial charge < -0.3 is 23.2 Å². The van der Waals surface area contributed by atoms with E-state index in [0.717, 1.165) is 0 Å². The van der Waals surface area contributed by atoms with Crippen LogP contribution in [0.1, 0.15) is 6.04 Å². The number of H-pyrrole nitrogens is 1. The molecule has 2 atom stereocenters. The van der Waals surface area contributed by atoms with E-state index in [4.69, 9.17) is 10.8 Å². The van der Waals surface area contributed by atoms with E-state index in [1.54, 1.807) is 29.4 Å². The summed E-state index contributed by atoms with van der Waals surface area (Å²) in [4.78, 5) is 2.85. The average molecular weight is 190 g/mol. The molecule has 12 heavy (non-hydrogen) atoms. The Labute approximate surface area is 77.1 Å². The van der Waals surface area contributed by atoms with Gasteiger partial charge in [-0.1, -0.05) is 6.58 Å². The van der Waals surface area contributed by atoms with E-state index in [1.165, 1.54) is 0 Å². The van der Waals surface area contributed by atoms with Crippen molar-refractivity contribution >= 4 is 0 Å². The molecule has 1 aromatic heterocycles. The van der Waals surface area contributed by atoms with E-state index in [2.05, 4.69) is 11.6 Å². The number of nitrogens with two attached hydrogens (primary N) is 1. The molecule has 0 fully saturated rings. The largest absolute Gasteiger partial charge is 1.00 e. The number of nitrogens with one attached hydrogen (secondary N) is 1. The molecule has 0 spiro atoms. The lowest BCUT2D eigenvalue weighted by atomic mass is 10.2. The minimum absolute atomic E-state index is 0. The number of aliphatic hydroxyl groups excluding tert-OH is 1. The van der Waals surface area contributed by atoms with Crippen molar-refractivity contribution in [2.24, 2.45) is 5.73 Å². The van der Waals surface area contributed by atoms with Crippen LogP contribution in [0, 0.1) is 0 Å². The molecule has 5 heteroatoms. The summed E-state index contributed by atoms with van der Waals surface area (Å²) < 4.78 is 1.75. The number of aromatic amines is 1. The van der Waals surface area contributed by atoms with Crippen LogP contribution in [0.4, 0.5) is 0 Å². The maximum Gasteiger partial charge on any atom is 0.242 e. The number of hydrogen-bond acceptors (Lipinski definition) is 2. The Morgan fingerprint density at radius 1 is 1.67 bits per heavy atom. The Bertz CT molecular complexity index is 223. The number of imidazole rings is 1. The lowest BCUT2D eigenvalue weighted by molar-refractivity contribution is -0.718. The number of hydrogen-bond donors (Lipinski definition) is 3. The topological polar surface area (TPSA) is 65.9 Å². The van der Waals surface area contributed by atoms with Gasteiger partial charge in [0.05, 0.1) is 0 Å². The maximum atomic E-state index is 9.06. The average Bonchev–Trinajstić information content (AvgIpc) is 2.40. The second-order valence-electron chi connectivity index (χ2n) is 2.28.